The Morgan fingerprint density at radius 3 is 2.51 bits per heavy atom. The first-order valence-corrected chi connectivity index (χ1v) is 15.0. The van der Waals surface area contributed by atoms with Gasteiger partial charge >= 0.3 is 0 Å². The summed E-state index contributed by atoms with van der Waals surface area (Å²) in [6.45, 7) is 2.34. The van der Waals surface area contributed by atoms with Gasteiger partial charge in [0.05, 0.1) is 16.2 Å². The minimum Gasteiger partial charge on any atom is -0.482 e. The molecule has 2 amide bonds. The normalized spacial score (nSPS) is 18.8. The molecular weight excluding hydrogens is 631 g/mol. The van der Waals surface area contributed by atoms with Crippen LogP contribution >= 0.6 is 34.2 Å². The summed E-state index contributed by atoms with van der Waals surface area (Å²) in [6.07, 6.45) is 5.32. The van der Waals surface area contributed by atoms with Crippen molar-refractivity contribution in [2.75, 3.05) is 13.2 Å². The molecule has 2 aromatic carbocycles. The third-order valence-electron chi connectivity index (χ3n) is 6.80. The lowest BCUT2D eigenvalue weighted by Crippen LogP contribution is -2.54. The van der Waals surface area contributed by atoms with Crippen LogP contribution in [0.15, 0.2) is 60.2 Å². The zero-order valence-electron chi connectivity index (χ0n) is 22.3. The fraction of sp³-hybridized carbons (Fsp3) is 0.467. The highest BCUT2D eigenvalue weighted by molar-refractivity contribution is 14.1. The van der Waals surface area contributed by atoms with Crippen molar-refractivity contribution in [2.45, 2.75) is 76.7 Å². The van der Waals surface area contributed by atoms with Crippen LogP contribution in [0, 0.1) is 3.57 Å². The van der Waals surface area contributed by atoms with Crippen molar-refractivity contribution in [3.05, 3.63) is 74.3 Å². The van der Waals surface area contributed by atoms with E-state index < -0.39 is 18.2 Å². The van der Waals surface area contributed by atoms with Crippen molar-refractivity contribution in [1.29, 1.82) is 0 Å². The van der Waals surface area contributed by atoms with Gasteiger partial charge in [-0.3, -0.25) is 9.59 Å². The molecule has 0 spiro atoms. The van der Waals surface area contributed by atoms with Crippen LogP contribution in [0.5, 0.6) is 5.75 Å². The van der Waals surface area contributed by atoms with Crippen molar-refractivity contribution in [3.63, 3.8) is 0 Å². The maximum atomic E-state index is 13.7. The van der Waals surface area contributed by atoms with E-state index in [9.17, 15) is 19.8 Å². The molecule has 0 heterocycles. The number of hydrogen-bond donors (Lipinski definition) is 3. The first-order valence-electron chi connectivity index (χ1n) is 13.6. The van der Waals surface area contributed by atoms with Gasteiger partial charge in [-0.25, -0.2) is 0 Å². The Morgan fingerprint density at radius 1 is 1.10 bits per heavy atom. The molecule has 0 radical (unpaired) electrons. The summed E-state index contributed by atoms with van der Waals surface area (Å²) < 4.78 is 7.08. The number of carbonyl (C=O) groups is 2. The second-order valence-electron chi connectivity index (χ2n) is 9.76. The van der Waals surface area contributed by atoms with Crippen LogP contribution < -0.4 is 10.1 Å². The summed E-state index contributed by atoms with van der Waals surface area (Å²) in [5, 5.41) is 24.1. The number of unbranched alkanes of at least 4 members (excludes halogenated alkanes) is 4. The highest BCUT2D eigenvalue weighted by atomic mass is 127. The minimum atomic E-state index is -1.06. The SMILES string of the molecule is CCCCCCCC(=O)N(Cc1ccc(Cl)cc1)[C@@H]1CC(C(=O)NCCO)=C[C@H](Oc2ccccc2I)[C@H]1O. The fourth-order valence-corrected chi connectivity index (χ4v) is 5.31. The van der Waals surface area contributed by atoms with E-state index in [4.69, 9.17) is 16.3 Å². The van der Waals surface area contributed by atoms with E-state index in [0.29, 0.717) is 22.8 Å². The second-order valence-corrected chi connectivity index (χ2v) is 11.4. The van der Waals surface area contributed by atoms with E-state index in [1.54, 1.807) is 23.1 Å². The molecule has 1 aliphatic rings. The van der Waals surface area contributed by atoms with E-state index >= 15 is 0 Å². The van der Waals surface area contributed by atoms with Crippen LogP contribution in [-0.4, -0.2) is 58.3 Å². The lowest BCUT2D eigenvalue weighted by molar-refractivity contribution is -0.139. The van der Waals surface area contributed by atoms with Gasteiger partial charge in [-0.05, 0) is 64.9 Å². The highest BCUT2D eigenvalue weighted by Crippen LogP contribution is 2.31. The number of rotatable bonds is 14. The van der Waals surface area contributed by atoms with Crippen molar-refractivity contribution in [1.82, 2.24) is 10.2 Å². The Morgan fingerprint density at radius 2 is 1.82 bits per heavy atom. The third-order valence-corrected chi connectivity index (χ3v) is 7.94. The number of halogens is 2. The molecule has 3 atom stereocenters. The summed E-state index contributed by atoms with van der Waals surface area (Å²) in [5.41, 5.74) is 1.29. The summed E-state index contributed by atoms with van der Waals surface area (Å²) in [7, 11) is 0. The van der Waals surface area contributed by atoms with Gasteiger partial charge in [0.1, 0.15) is 18.0 Å². The number of aliphatic hydroxyl groups excluding tert-OH is 2. The van der Waals surface area contributed by atoms with E-state index in [-0.39, 0.29) is 37.9 Å². The molecule has 0 saturated heterocycles. The van der Waals surface area contributed by atoms with Gasteiger partial charge in [0.15, 0.2) is 0 Å². The summed E-state index contributed by atoms with van der Waals surface area (Å²) >= 11 is 8.25. The Hall–Kier alpha value is -2.14. The van der Waals surface area contributed by atoms with Crippen molar-refractivity contribution in [3.8, 4) is 5.75 Å². The van der Waals surface area contributed by atoms with Gasteiger partial charge in [0.25, 0.3) is 0 Å². The summed E-state index contributed by atoms with van der Waals surface area (Å²) in [5.74, 6) is 0.159. The Labute approximate surface area is 249 Å². The molecule has 0 aromatic heterocycles. The van der Waals surface area contributed by atoms with Gasteiger partial charge in [-0.15, -0.1) is 0 Å². The predicted octanol–water partition coefficient (Wildman–Crippen LogP) is 5.25. The van der Waals surface area contributed by atoms with Crippen molar-refractivity contribution in [2.24, 2.45) is 0 Å². The molecule has 1 aliphatic carbocycles. The molecule has 0 saturated carbocycles. The number of benzene rings is 2. The predicted molar refractivity (Wildman–Crippen MR) is 162 cm³/mol. The Bertz CT molecular complexity index is 1110. The zero-order valence-corrected chi connectivity index (χ0v) is 25.2. The number of nitrogens with one attached hydrogen (secondary N) is 1. The van der Waals surface area contributed by atoms with Gasteiger partial charge in [-0.2, -0.15) is 0 Å². The fourth-order valence-electron chi connectivity index (χ4n) is 4.67. The molecule has 212 valence electrons. The lowest BCUT2D eigenvalue weighted by Gasteiger charge is -2.40. The largest absolute Gasteiger partial charge is 0.482 e. The number of carbonyl (C=O) groups excluding carboxylic acids is 2. The average molecular weight is 669 g/mol. The molecule has 7 nitrogen and oxygen atoms in total. The smallest absolute Gasteiger partial charge is 0.247 e. The molecule has 2 aromatic rings. The van der Waals surface area contributed by atoms with Gasteiger partial charge in [-0.1, -0.05) is 68.5 Å². The number of aliphatic hydroxyl groups is 2. The first kappa shape index (κ1) is 31.4. The summed E-state index contributed by atoms with van der Waals surface area (Å²) in [4.78, 5) is 28.3. The molecule has 0 bridgehead atoms. The van der Waals surface area contributed by atoms with Crippen LogP contribution in [-0.2, 0) is 16.1 Å². The van der Waals surface area contributed by atoms with E-state index in [0.717, 1.165) is 41.2 Å². The number of ether oxygens (including phenoxy) is 1. The van der Waals surface area contributed by atoms with E-state index in [1.807, 2.05) is 36.4 Å². The Kier molecular flexibility index (Phi) is 13.0. The number of nitrogens with zero attached hydrogens (tertiary/aromatic N) is 1. The van der Waals surface area contributed by atoms with Gasteiger partial charge < -0.3 is 25.2 Å². The van der Waals surface area contributed by atoms with E-state index in [2.05, 4.69) is 34.8 Å². The molecule has 9 heteroatoms. The maximum absolute atomic E-state index is 13.7. The van der Waals surface area contributed by atoms with Crippen LogP contribution in [0.1, 0.15) is 57.4 Å². The van der Waals surface area contributed by atoms with Crippen LogP contribution in [0.3, 0.4) is 0 Å². The summed E-state index contributed by atoms with van der Waals surface area (Å²) in [6, 6.07) is 14.0. The second kappa shape index (κ2) is 16.2. The van der Waals surface area contributed by atoms with Crippen LogP contribution in [0.4, 0.5) is 0 Å². The maximum Gasteiger partial charge on any atom is 0.247 e. The first-order chi connectivity index (χ1) is 18.8. The number of hydrogen-bond acceptors (Lipinski definition) is 5. The molecule has 0 aliphatic heterocycles. The quantitative estimate of drug-likeness (QED) is 0.189. The lowest BCUT2D eigenvalue weighted by atomic mass is 9.87. The zero-order chi connectivity index (χ0) is 28.2. The van der Waals surface area contributed by atoms with Crippen LogP contribution in [0.2, 0.25) is 5.02 Å². The monoisotopic (exact) mass is 668 g/mol. The van der Waals surface area contributed by atoms with Crippen molar-refractivity contribution >= 4 is 46.0 Å². The molecule has 3 rings (SSSR count). The third kappa shape index (κ3) is 9.48. The molecule has 39 heavy (non-hydrogen) atoms. The van der Waals surface area contributed by atoms with Crippen LogP contribution in [0.25, 0.3) is 0 Å². The van der Waals surface area contributed by atoms with Gasteiger partial charge in [0.2, 0.25) is 11.8 Å². The standard InChI is InChI=1S/C30H38ClIN2O5/c1-2-3-4-5-6-11-28(36)34(20-21-12-14-23(31)15-13-21)25-18-22(30(38)33-16-17-35)19-27(29(25)37)39-26-10-8-7-9-24(26)32/h7-10,12-15,19,25,27,29,35,37H,2-6,11,16-18,20H2,1H3,(H,33,38)/t25-,27+,29+/m1/s1. The van der Waals surface area contributed by atoms with Crippen molar-refractivity contribution < 1.29 is 24.5 Å². The molecular formula is C30H38ClIN2O5. The number of amides is 2. The molecule has 0 unspecified atom stereocenters. The number of para-hydroxylation sites is 1. The minimum absolute atomic E-state index is 0.0736. The Balaban J connectivity index is 1.91. The molecule has 0 fully saturated rings. The van der Waals surface area contributed by atoms with Gasteiger partial charge in [0, 0.05) is 36.5 Å². The average Bonchev–Trinajstić information content (AvgIpc) is 2.93. The molecule has 3 N–H and O–H groups in total. The topological polar surface area (TPSA) is 99.1 Å². The van der Waals surface area contributed by atoms with E-state index in [1.165, 1.54) is 0 Å². The highest BCUT2D eigenvalue weighted by Gasteiger charge is 2.40.